The minimum atomic E-state index is -1.20. The number of benzene rings is 1. The largest absolute Gasteiger partial charge is 0.508 e. The number of aromatic hydroxyl groups is 1. The Bertz CT molecular complexity index is 632. The maximum absolute atomic E-state index is 10.7. The lowest BCUT2D eigenvalue weighted by Crippen LogP contribution is -1.94. The standard InChI is InChI=1S/C11H7NO6/c13-5-1-6(10-9(2-5)16-4-17-10)8-3-7(11(14)15)12-18-8/h1-3,13H,4H2,(H,14,15). The molecule has 0 radical (unpaired) electrons. The molecule has 0 fully saturated rings. The first-order valence-electron chi connectivity index (χ1n) is 4.98. The summed E-state index contributed by atoms with van der Waals surface area (Å²) in [4.78, 5) is 10.7. The lowest BCUT2D eigenvalue weighted by molar-refractivity contribution is 0.0686. The van der Waals surface area contributed by atoms with Crippen molar-refractivity contribution in [3.05, 3.63) is 23.9 Å². The van der Waals surface area contributed by atoms with Gasteiger partial charge in [-0.1, -0.05) is 5.16 Å². The normalized spacial score (nSPS) is 12.7. The average molecular weight is 249 g/mol. The molecule has 0 bridgehead atoms. The van der Waals surface area contributed by atoms with Gasteiger partial charge in [-0.2, -0.15) is 0 Å². The highest BCUT2D eigenvalue weighted by molar-refractivity contribution is 5.87. The molecule has 0 spiro atoms. The number of aromatic nitrogens is 1. The molecule has 92 valence electrons. The third-order valence-electron chi connectivity index (χ3n) is 2.45. The molecule has 3 rings (SSSR count). The molecule has 0 saturated carbocycles. The SMILES string of the molecule is O=C(O)c1cc(-c2cc(O)cc3c2OCO3)on1. The summed E-state index contributed by atoms with van der Waals surface area (Å²) in [7, 11) is 0. The molecule has 2 aromatic rings. The summed E-state index contributed by atoms with van der Waals surface area (Å²) in [6.45, 7) is 0.0334. The van der Waals surface area contributed by atoms with E-state index in [1.807, 2.05) is 0 Å². The van der Waals surface area contributed by atoms with Crippen LogP contribution in [-0.2, 0) is 0 Å². The van der Waals surface area contributed by atoms with E-state index in [-0.39, 0.29) is 24.0 Å². The van der Waals surface area contributed by atoms with Crippen molar-refractivity contribution < 1.29 is 29.0 Å². The number of hydrogen-bond donors (Lipinski definition) is 2. The molecule has 1 aliphatic heterocycles. The summed E-state index contributed by atoms with van der Waals surface area (Å²) in [5, 5.41) is 21.7. The highest BCUT2D eigenvalue weighted by Gasteiger charge is 2.23. The van der Waals surface area contributed by atoms with Gasteiger partial charge in [0.05, 0.1) is 5.56 Å². The van der Waals surface area contributed by atoms with Gasteiger partial charge in [-0.25, -0.2) is 4.79 Å². The summed E-state index contributed by atoms with van der Waals surface area (Å²) < 4.78 is 15.3. The monoisotopic (exact) mass is 249 g/mol. The first kappa shape index (κ1) is 10.5. The predicted molar refractivity (Wildman–Crippen MR) is 56.7 cm³/mol. The number of aromatic carboxylic acids is 1. The minimum absolute atomic E-state index is 0.0334. The van der Waals surface area contributed by atoms with Gasteiger partial charge in [-0.05, 0) is 6.07 Å². The molecule has 0 amide bonds. The molecule has 0 unspecified atom stereocenters. The fourth-order valence-electron chi connectivity index (χ4n) is 1.68. The number of rotatable bonds is 2. The average Bonchev–Trinajstić information content (AvgIpc) is 2.95. The Hall–Kier alpha value is -2.70. The molecule has 2 heterocycles. The molecular weight excluding hydrogens is 242 g/mol. The third kappa shape index (κ3) is 1.53. The van der Waals surface area contributed by atoms with Crippen molar-refractivity contribution in [2.24, 2.45) is 0 Å². The Morgan fingerprint density at radius 3 is 2.83 bits per heavy atom. The summed E-state index contributed by atoms with van der Waals surface area (Å²) in [6, 6.07) is 4.04. The fraction of sp³-hybridized carbons (Fsp3) is 0.0909. The molecule has 2 N–H and O–H groups in total. The van der Waals surface area contributed by atoms with E-state index in [1.165, 1.54) is 18.2 Å². The van der Waals surface area contributed by atoms with Crippen LogP contribution in [0.4, 0.5) is 0 Å². The van der Waals surface area contributed by atoms with Crippen LogP contribution in [0.25, 0.3) is 11.3 Å². The van der Waals surface area contributed by atoms with Crippen molar-refractivity contribution in [3.63, 3.8) is 0 Å². The van der Waals surface area contributed by atoms with Gasteiger partial charge in [0.25, 0.3) is 0 Å². The van der Waals surface area contributed by atoms with Crippen LogP contribution in [-0.4, -0.2) is 28.1 Å². The minimum Gasteiger partial charge on any atom is -0.508 e. The number of ether oxygens (including phenoxy) is 2. The van der Waals surface area contributed by atoms with Crippen LogP contribution in [0.2, 0.25) is 0 Å². The molecule has 1 aromatic heterocycles. The number of carboxylic acid groups (broad SMARTS) is 1. The maximum Gasteiger partial charge on any atom is 0.358 e. The summed E-state index contributed by atoms with van der Waals surface area (Å²) >= 11 is 0. The first-order chi connectivity index (χ1) is 8.65. The lowest BCUT2D eigenvalue weighted by Gasteiger charge is -2.02. The number of phenols is 1. The molecule has 0 aliphatic carbocycles. The van der Waals surface area contributed by atoms with Crippen molar-refractivity contribution in [2.45, 2.75) is 0 Å². The van der Waals surface area contributed by atoms with Gasteiger partial charge < -0.3 is 24.2 Å². The summed E-state index contributed by atoms with van der Waals surface area (Å²) in [5.74, 6) is -0.286. The number of hydrogen-bond acceptors (Lipinski definition) is 6. The van der Waals surface area contributed by atoms with E-state index in [0.29, 0.717) is 17.1 Å². The third-order valence-corrected chi connectivity index (χ3v) is 2.45. The first-order valence-corrected chi connectivity index (χ1v) is 4.98. The van der Waals surface area contributed by atoms with Crippen LogP contribution in [0.3, 0.4) is 0 Å². The van der Waals surface area contributed by atoms with Crippen molar-refractivity contribution in [1.29, 1.82) is 0 Å². The van der Waals surface area contributed by atoms with E-state index >= 15 is 0 Å². The number of nitrogens with zero attached hydrogens (tertiary/aromatic N) is 1. The van der Waals surface area contributed by atoms with Crippen molar-refractivity contribution >= 4 is 5.97 Å². The Morgan fingerprint density at radius 2 is 2.11 bits per heavy atom. The second kappa shape index (κ2) is 3.66. The molecule has 0 atom stereocenters. The van der Waals surface area contributed by atoms with Crippen molar-refractivity contribution in [1.82, 2.24) is 5.16 Å². The Kier molecular flexibility index (Phi) is 2.12. The topological polar surface area (TPSA) is 102 Å². The van der Waals surface area contributed by atoms with Crippen molar-refractivity contribution in [2.75, 3.05) is 6.79 Å². The Labute approximate surface area is 100 Å². The summed E-state index contributed by atoms with van der Waals surface area (Å²) in [5.41, 5.74) is 0.170. The van der Waals surface area contributed by atoms with Crippen LogP contribution in [0.1, 0.15) is 10.5 Å². The maximum atomic E-state index is 10.7. The molecule has 0 saturated heterocycles. The van der Waals surface area contributed by atoms with E-state index in [2.05, 4.69) is 5.16 Å². The second-order valence-corrected chi connectivity index (χ2v) is 3.61. The zero-order chi connectivity index (χ0) is 12.7. The predicted octanol–water partition coefficient (Wildman–Crippen LogP) is 1.47. The van der Waals surface area contributed by atoms with Gasteiger partial charge in [-0.3, -0.25) is 0 Å². The molecular formula is C11H7NO6. The zero-order valence-corrected chi connectivity index (χ0v) is 8.91. The fourth-order valence-corrected chi connectivity index (χ4v) is 1.68. The van der Waals surface area contributed by atoms with Crippen molar-refractivity contribution in [3.8, 4) is 28.6 Å². The van der Waals surface area contributed by atoms with Gasteiger partial charge in [-0.15, -0.1) is 0 Å². The van der Waals surface area contributed by atoms with Crippen LogP contribution in [0.15, 0.2) is 22.7 Å². The lowest BCUT2D eigenvalue weighted by atomic mass is 10.1. The van der Waals surface area contributed by atoms with Gasteiger partial charge in [0.1, 0.15) is 5.75 Å². The number of carbonyl (C=O) groups is 1. The van der Waals surface area contributed by atoms with Crippen LogP contribution in [0, 0.1) is 0 Å². The van der Waals surface area contributed by atoms with Gasteiger partial charge in [0.2, 0.25) is 6.79 Å². The van der Waals surface area contributed by atoms with E-state index in [9.17, 15) is 9.90 Å². The van der Waals surface area contributed by atoms with Crippen LogP contribution in [0.5, 0.6) is 17.2 Å². The highest BCUT2D eigenvalue weighted by Crippen LogP contribution is 2.44. The van der Waals surface area contributed by atoms with E-state index in [1.54, 1.807) is 0 Å². The zero-order valence-electron chi connectivity index (χ0n) is 8.91. The molecule has 7 nitrogen and oxygen atoms in total. The highest BCUT2D eigenvalue weighted by atomic mass is 16.7. The molecule has 1 aliphatic rings. The van der Waals surface area contributed by atoms with E-state index in [4.69, 9.17) is 19.1 Å². The number of fused-ring (bicyclic) bond motifs is 1. The Morgan fingerprint density at radius 1 is 1.28 bits per heavy atom. The molecule has 1 aromatic carbocycles. The number of phenolic OH excluding ortho intramolecular Hbond substituents is 1. The van der Waals surface area contributed by atoms with Gasteiger partial charge in [0.15, 0.2) is 23.0 Å². The van der Waals surface area contributed by atoms with E-state index < -0.39 is 5.97 Å². The van der Waals surface area contributed by atoms with Crippen LogP contribution < -0.4 is 9.47 Å². The molecule has 7 heteroatoms. The Balaban J connectivity index is 2.13. The van der Waals surface area contributed by atoms with E-state index in [0.717, 1.165) is 0 Å². The smallest absolute Gasteiger partial charge is 0.358 e. The molecule has 18 heavy (non-hydrogen) atoms. The second-order valence-electron chi connectivity index (χ2n) is 3.61. The number of carboxylic acids is 1. The van der Waals surface area contributed by atoms with Gasteiger partial charge >= 0.3 is 5.97 Å². The quantitative estimate of drug-likeness (QED) is 0.830. The van der Waals surface area contributed by atoms with Gasteiger partial charge in [0, 0.05) is 12.1 Å². The van der Waals surface area contributed by atoms with Crippen LogP contribution >= 0.6 is 0 Å². The summed E-state index contributed by atoms with van der Waals surface area (Å²) in [6.07, 6.45) is 0.